The van der Waals surface area contributed by atoms with Gasteiger partial charge in [-0.2, -0.15) is 0 Å². The van der Waals surface area contributed by atoms with Gasteiger partial charge in [0.05, 0.1) is 6.04 Å². The first kappa shape index (κ1) is 9.26. The lowest BCUT2D eigenvalue weighted by Crippen LogP contribution is -2.43. The standard InChI is InChI=1S/C9H16N2O/c1-3-6-11(8-4-5-8)9(12)7(2)10/h3,7-8H,1,4-6,10H2,2H3/t7-/m1/s1. The first-order chi connectivity index (χ1) is 5.66. The highest BCUT2D eigenvalue weighted by atomic mass is 16.2. The van der Waals surface area contributed by atoms with Gasteiger partial charge in [-0.3, -0.25) is 4.79 Å². The van der Waals surface area contributed by atoms with Gasteiger partial charge in [0.1, 0.15) is 0 Å². The molecule has 0 aromatic carbocycles. The van der Waals surface area contributed by atoms with E-state index in [1.807, 2.05) is 4.90 Å². The predicted molar refractivity (Wildman–Crippen MR) is 48.6 cm³/mol. The van der Waals surface area contributed by atoms with Gasteiger partial charge in [0.25, 0.3) is 0 Å². The second kappa shape index (κ2) is 3.72. The van der Waals surface area contributed by atoms with Crippen molar-refractivity contribution in [3.63, 3.8) is 0 Å². The van der Waals surface area contributed by atoms with E-state index in [1.165, 1.54) is 0 Å². The van der Waals surface area contributed by atoms with Crippen molar-refractivity contribution in [2.75, 3.05) is 6.54 Å². The first-order valence-electron chi connectivity index (χ1n) is 4.33. The zero-order chi connectivity index (χ0) is 9.14. The van der Waals surface area contributed by atoms with Gasteiger partial charge in [0.15, 0.2) is 0 Å². The minimum absolute atomic E-state index is 0.0393. The zero-order valence-corrected chi connectivity index (χ0v) is 7.49. The summed E-state index contributed by atoms with van der Waals surface area (Å²) >= 11 is 0. The Morgan fingerprint density at radius 2 is 2.42 bits per heavy atom. The maximum absolute atomic E-state index is 11.5. The lowest BCUT2D eigenvalue weighted by molar-refractivity contribution is -0.132. The first-order valence-corrected chi connectivity index (χ1v) is 4.33. The molecule has 3 nitrogen and oxygen atoms in total. The molecule has 0 spiro atoms. The maximum atomic E-state index is 11.5. The van der Waals surface area contributed by atoms with Crippen molar-refractivity contribution in [2.45, 2.75) is 31.8 Å². The van der Waals surface area contributed by atoms with E-state index in [-0.39, 0.29) is 11.9 Å². The topological polar surface area (TPSA) is 46.3 Å². The van der Waals surface area contributed by atoms with Crippen LogP contribution >= 0.6 is 0 Å². The Labute approximate surface area is 73.2 Å². The molecule has 1 aliphatic rings. The molecule has 1 saturated carbocycles. The number of hydrogen-bond acceptors (Lipinski definition) is 2. The summed E-state index contributed by atoms with van der Waals surface area (Å²) in [6.45, 7) is 5.97. The zero-order valence-electron chi connectivity index (χ0n) is 7.49. The highest BCUT2D eigenvalue weighted by Crippen LogP contribution is 2.26. The number of rotatable bonds is 4. The molecule has 1 rings (SSSR count). The minimum atomic E-state index is -0.384. The molecule has 68 valence electrons. The summed E-state index contributed by atoms with van der Waals surface area (Å²) in [5, 5.41) is 0. The fraction of sp³-hybridized carbons (Fsp3) is 0.667. The third kappa shape index (κ3) is 2.08. The summed E-state index contributed by atoms with van der Waals surface area (Å²) in [4.78, 5) is 13.3. The van der Waals surface area contributed by atoms with Crippen LogP contribution in [0.5, 0.6) is 0 Å². The number of carbonyl (C=O) groups excluding carboxylic acids is 1. The van der Waals surface area contributed by atoms with Gasteiger partial charge in [-0.1, -0.05) is 6.08 Å². The average molecular weight is 168 g/mol. The van der Waals surface area contributed by atoms with Crippen molar-refractivity contribution in [1.29, 1.82) is 0 Å². The quantitative estimate of drug-likeness (QED) is 0.622. The second-order valence-electron chi connectivity index (χ2n) is 3.30. The predicted octanol–water partition coefficient (Wildman–Crippen LogP) is 0.511. The molecular formula is C9H16N2O. The van der Waals surface area contributed by atoms with Crippen LogP contribution in [0.25, 0.3) is 0 Å². The van der Waals surface area contributed by atoms with E-state index in [0.29, 0.717) is 12.6 Å². The fourth-order valence-electron chi connectivity index (χ4n) is 1.21. The maximum Gasteiger partial charge on any atom is 0.239 e. The largest absolute Gasteiger partial charge is 0.335 e. The summed E-state index contributed by atoms with van der Waals surface area (Å²) in [7, 11) is 0. The lowest BCUT2D eigenvalue weighted by Gasteiger charge is -2.22. The second-order valence-corrected chi connectivity index (χ2v) is 3.30. The van der Waals surface area contributed by atoms with Crippen molar-refractivity contribution in [3.8, 4) is 0 Å². The van der Waals surface area contributed by atoms with Crippen LogP contribution in [0.15, 0.2) is 12.7 Å². The van der Waals surface area contributed by atoms with Crippen LogP contribution in [-0.2, 0) is 4.79 Å². The summed E-state index contributed by atoms with van der Waals surface area (Å²) < 4.78 is 0. The van der Waals surface area contributed by atoms with Crippen LogP contribution in [-0.4, -0.2) is 29.4 Å². The lowest BCUT2D eigenvalue weighted by atomic mass is 10.3. The molecule has 0 saturated heterocycles. The smallest absolute Gasteiger partial charge is 0.239 e. The van der Waals surface area contributed by atoms with Gasteiger partial charge >= 0.3 is 0 Å². The van der Waals surface area contributed by atoms with Gasteiger partial charge in [-0.05, 0) is 19.8 Å². The van der Waals surface area contributed by atoms with Crippen LogP contribution in [0, 0.1) is 0 Å². The van der Waals surface area contributed by atoms with Crippen molar-refractivity contribution >= 4 is 5.91 Å². The van der Waals surface area contributed by atoms with Crippen LogP contribution < -0.4 is 5.73 Å². The van der Waals surface area contributed by atoms with E-state index >= 15 is 0 Å². The molecule has 1 fully saturated rings. The monoisotopic (exact) mass is 168 g/mol. The summed E-state index contributed by atoms with van der Waals surface area (Å²) in [5.41, 5.74) is 5.51. The highest BCUT2D eigenvalue weighted by Gasteiger charge is 2.32. The van der Waals surface area contributed by atoms with E-state index in [9.17, 15) is 4.79 Å². The van der Waals surface area contributed by atoms with Crippen LogP contribution in [0.1, 0.15) is 19.8 Å². The SMILES string of the molecule is C=CCN(C(=O)[C@@H](C)N)C1CC1. The van der Waals surface area contributed by atoms with Crippen molar-refractivity contribution in [2.24, 2.45) is 5.73 Å². The Morgan fingerprint density at radius 1 is 1.83 bits per heavy atom. The number of carbonyl (C=O) groups is 1. The molecule has 0 aromatic heterocycles. The van der Waals surface area contributed by atoms with Crippen molar-refractivity contribution in [1.82, 2.24) is 4.90 Å². The third-order valence-electron chi connectivity index (χ3n) is 1.99. The average Bonchev–Trinajstić information content (AvgIpc) is 2.81. The summed E-state index contributed by atoms with van der Waals surface area (Å²) in [5.74, 6) is 0.0393. The van der Waals surface area contributed by atoms with E-state index in [4.69, 9.17) is 5.73 Å². The van der Waals surface area contributed by atoms with Crippen molar-refractivity contribution < 1.29 is 4.79 Å². The van der Waals surface area contributed by atoms with Gasteiger partial charge < -0.3 is 10.6 Å². The van der Waals surface area contributed by atoms with Gasteiger partial charge in [-0.25, -0.2) is 0 Å². The van der Waals surface area contributed by atoms with Crippen LogP contribution in [0.4, 0.5) is 0 Å². The molecule has 3 heteroatoms. The number of amides is 1. The Hall–Kier alpha value is -0.830. The normalized spacial score (nSPS) is 18.5. The molecule has 0 bridgehead atoms. The van der Waals surface area contributed by atoms with Gasteiger partial charge in [0.2, 0.25) is 5.91 Å². The fourth-order valence-corrected chi connectivity index (χ4v) is 1.21. The summed E-state index contributed by atoms with van der Waals surface area (Å²) in [6, 6.07) is 0.0482. The molecule has 1 atom stereocenters. The molecule has 2 N–H and O–H groups in total. The van der Waals surface area contributed by atoms with Crippen LogP contribution in [0.3, 0.4) is 0 Å². The molecular weight excluding hydrogens is 152 g/mol. The summed E-state index contributed by atoms with van der Waals surface area (Å²) in [6.07, 6.45) is 3.98. The highest BCUT2D eigenvalue weighted by molar-refractivity contribution is 5.81. The molecule has 1 amide bonds. The molecule has 1 aliphatic carbocycles. The number of nitrogens with two attached hydrogens (primary N) is 1. The Bertz CT molecular complexity index is 185. The molecule has 12 heavy (non-hydrogen) atoms. The van der Waals surface area contributed by atoms with Crippen molar-refractivity contribution in [3.05, 3.63) is 12.7 Å². The van der Waals surface area contributed by atoms with E-state index < -0.39 is 0 Å². The van der Waals surface area contributed by atoms with E-state index in [2.05, 4.69) is 6.58 Å². The van der Waals surface area contributed by atoms with Gasteiger partial charge in [-0.15, -0.1) is 6.58 Å². The molecule has 0 aromatic rings. The Kier molecular flexibility index (Phi) is 2.87. The van der Waals surface area contributed by atoms with Gasteiger partial charge in [0, 0.05) is 12.6 Å². The molecule has 0 aliphatic heterocycles. The third-order valence-corrected chi connectivity index (χ3v) is 1.99. The van der Waals surface area contributed by atoms with E-state index in [1.54, 1.807) is 13.0 Å². The molecule has 0 radical (unpaired) electrons. The molecule has 0 heterocycles. The Balaban J connectivity index is 2.51. The number of hydrogen-bond donors (Lipinski definition) is 1. The molecule has 0 unspecified atom stereocenters. The van der Waals surface area contributed by atoms with Crippen LogP contribution in [0.2, 0.25) is 0 Å². The number of nitrogens with zero attached hydrogens (tertiary/aromatic N) is 1. The Morgan fingerprint density at radius 3 is 2.75 bits per heavy atom. The minimum Gasteiger partial charge on any atom is -0.335 e. The van der Waals surface area contributed by atoms with E-state index in [0.717, 1.165) is 12.8 Å².